The Balaban J connectivity index is 2.10. The van der Waals surface area contributed by atoms with Gasteiger partial charge in [0.05, 0.1) is 16.8 Å². The zero-order chi connectivity index (χ0) is 13.8. The van der Waals surface area contributed by atoms with Crippen molar-refractivity contribution in [3.63, 3.8) is 0 Å². The molecule has 0 saturated heterocycles. The molecule has 0 radical (unpaired) electrons. The number of benzene rings is 1. The normalized spacial score (nSPS) is 9.89. The zero-order valence-electron chi connectivity index (χ0n) is 9.81. The lowest BCUT2D eigenvalue weighted by Gasteiger charge is -2.07. The van der Waals surface area contributed by atoms with E-state index in [1.165, 1.54) is 11.3 Å². The molecule has 0 bridgehead atoms. The Bertz CT molecular complexity index is 660. The van der Waals surface area contributed by atoms with Crippen molar-refractivity contribution in [3.05, 3.63) is 50.1 Å². The van der Waals surface area contributed by atoms with Gasteiger partial charge in [-0.05, 0) is 24.3 Å². The SMILES string of the molecule is N#Cc1cc(Br)ccc1NCc1cc(C(N)=O)cs1. The molecule has 2 rings (SSSR count). The minimum atomic E-state index is -0.427. The van der Waals surface area contributed by atoms with E-state index in [1.807, 2.05) is 12.1 Å². The molecule has 4 nitrogen and oxygen atoms in total. The van der Waals surface area contributed by atoms with Gasteiger partial charge in [-0.3, -0.25) is 4.79 Å². The molecule has 2 aromatic rings. The number of anilines is 1. The maximum atomic E-state index is 11.0. The number of nitrogens with two attached hydrogens (primary N) is 1. The number of carbonyl (C=O) groups excluding carboxylic acids is 1. The largest absolute Gasteiger partial charge is 0.379 e. The Morgan fingerprint density at radius 3 is 2.89 bits per heavy atom. The number of halogens is 1. The van der Waals surface area contributed by atoms with Crippen LogP contribution in [0.3, 0.4) is 0 Å². The number of hydrogen-bond acceptors (Lipinski definition) is 4. The number of amides is 1. The molecule has 1 amide bonds. The van der Waals surface area contributed by atoms with Crippen LogP contribution in [0.5, 0.6) is 0 Å². The maximum Gasteiger partial charge on any atom is 0.249 e. The van der Waals surface area contributed by atoms with Crippen LogP contribution in [0.15, 0.2) is 34.1 Å². The second kappa shape index (κ2) is 5.87. The summed E-state index contributed by atoms with van der Waals surface area (Å²) in [5.74, 6) is -0.427. The second-order valence-electron chi connectivity index (χ2n) is 3.82. The van der Waals surface area contributed by atoms with Crippen molar-refractivity contribution in [1.82, 2.24) is 0 Å². The third-order valence-corrected chi connectivity index (χ3v) is 3.92. The molecule has 1 aromatic heterocycles. The topological polar surface area (TPSA) is 78.9 Å². The summed E-state index contributed by atoms with van der Waals surface area (Å²) in [6.07, 6.45) is 0. The highest BCUT2D eigenvalue weighted by Crippen LogP contribution is 2.22. The molecule has 0 unspecified atom stereocenters. The van der Waals surface area contributed by atoms with Crippen molar-refractivity contribution in [2.45, 2.75) is 6.54 Å². The monoisotopic (exact) mass is 335 g/mol. The van der Waals surface area contributed by atoms with E-state index in [4.69, 9.17) is 11.0 Å². The quantitative estimate of drug-likeness (QED) is 0.900. The Morgan fingerprint density at radius 2 is 2.26 bits per heavy atom. The molecule has 6 heteroatoms. The molecular formula is C13H10BrN3OS. The van der Waals surface area contributed by atoms with Gasteiger partial charge >= 0.3 is 0 Å². The smallest absolute Gasteiger partial charge is 0.249 e. The molecule has 1 heterocycles. The molecule has 96 valence electrons. The van der Waals surface area contributed by atoms with Gasteiger partial charge < -0.3 is 11.1 Å². The highest BCUT2D eigenvalue weighted by molar-refractivity contribution is 9.10. The van der Waals surface area contributed by atoms with Crippen molar-refractivity contribution in [2.24, 2.45) is 5.73 Å². The number of nitriles is 1. The Morgan fingerprint density at radius 1 is 1.47 bits per heavy atom. The lowest BCUT2D eigenvalue weighted by molar-refractivity contribution is 0.100. The number of carbonyl (C=O) groups is 1. The summed E-state index contributed by atoms with van der Waals surface area (Å²) in [7, 11) is 0. The minimum absolute atomic E-state index is 0.427. The number of nitrogens with one attached hydrogen (secondary N) is 1. The molecule has 0 spiro atoms. The van der Waals surface area contributed by atoms with Gasteiger partial charge in [-0.15, -0.1) is 11.3 Å². The van der Waals surface area contributed by atoms with Crippen LogP contribution in [0.25, 0.3) is 0 Å². The Labute approximate surface area is 123 Å². The molecule has 0 fully saturated rings. The molecule has 3 N–H and O–H groups in total. The van der Waals surface area contributed by atoms with Gasteiger partial charge in [0.25, 0.3) is 0 Å². The summed E-state index contributed by atoms with van der Waals surface area (Å²) in [5, 5.41) is 14.0. The number of rotatable bonds is 4. The molecule has 0 aliphatic heterocycles. The lowest BCUT2D eigenvalue weighted by atomic mass is 10.2. The first-order chi connectivity index (χ1) is 9.10. The van der Waals surface area contributed by atoms with Crippen molar-refractivity contribution >= 4 is 38.9 Å². The van der Waals surface area contributed by atoms with Crippen LogP contribution in [0.2, 0.25) is 0 Å². The number of thiophene rings is 1. The van der Waals surface area contributed by atoms with Crippen molar-refractivity contribution in [3.8, 4) is 6.07 Å². The van der Waals surface area contributed by atoms with Gasteiger partial charge in [0.15, 0.2) is 0 Å². The first-order valence-electron chi connectivity index (χ1n) is 5.41. The Kier molecular flexibility index (Phi) is 4.20. The minimum Gasteiger partial charge on any atom is -0.379 e. The lowest BCUT2D eigenvalue weighted by Crippen LogP contribution is -2.09. The van der Waals surface area contributed by atoms with E-state index in [0.717, 1.165) is 15.0 Å². The van der Waals surface area contributed by atoms with Crippen molar-refractivity contribution in [2.75, 3.05) is 5.32 Å². The number of nitrogens with zero attached hydrogens (tertiary/aromatic N) is 1. The fourth-order valence-corrected chi connectivity index (χ4v) is 2.72. The van der Waals surface area contributed by atoms with Gasteiger partial charge in [-0.1, -0.05) is 15.9 Å². The van der Waals surface area contributed by atoms with E-state index >= 15 is 0 Å². The summed E-state index contributed by atoms with van der Waals surface area (Å²) in [6.45, 7) is 0.550. The van der Waals surface area contributed by atoms with Gasteiger partial charge in [0.1, 0.15) is 6.07 Å². The van der Waals surface area contributed by atoms with Crippen LogP contribution in [0.1, 0.15) is 20.8 Å². The highest BCUT2D eigenvalue weighted by atomic mass is 79.9. The predicted molar refractivity (Wildman–Crippen MR) is 79.0 cm³/mol. The first-order valence-corrected chi connectivity index (χ1v) is 7.08. The van der Waals surface area contributed by atoms with E-state index < -0.39 is 5.91 Å². The molecule has 19 heavy (non-hydrogen) atoms. The standard InChI is InChI=1S/C13H10BrN3OS/c14-10-1-2-12(8(3-10)5-15)17-6-11-4-9(7-19-11)13(16)18/h1-4,7,17H,6H2,(H2,16,18). The van der Waals surface area contributed by atoms with E-state index in [0.29, 0.717) is 17.7 Å². The van der Waals surface area contributed by atoms with E-state index in [2.05, 4.69) is 27.3 Å². The summed E-state index contributed by atoms with van der Waals surface area (Å²) in [5.41, 5.74) is 7.04. The summed E-state index contributed by atoms with van der Waals surface area (Å²) >= 11 is 4.78. The zero-order valence-corrected chi connectivity index (χ0v) is 12.2. The highest BCUT2D eigenvalue weighted by Gasteiger charge is 2.06. The molecule has 0 aliphatic carbocycles. The van der Waals surface area contributed by atoms with Crippen LogP contribution < -0.4 is 11.1 Å². The molecule has 0 saturated carbocycles. The van der Waals surface area contributed by atoms with Gasteiger partial charge in [-0.2, -0.15) is 5.26 Å². The Hall–Kier alpha value is -1.84. The third-order valence-electron chi connectivity index (χ3n) is 2.49. The van der Waals surface area contributed by atoms with Crippen LogP contribution in [-0.2, 0) is 6.54 Å². The molecule has 0 atom stereocenters. The van der Waals surface area contributed by atoms with Crippen molar-refractivity contribution in [1.29, 1.82) is 5.26 Å². The first kappa shape index (κ1) is 13.6. The predicted octanol–water partition coefficient (Wildman–Crippen LogP) is 3.09. The number of primary amides is 1. The molecule has 1 aromatic carbocycles. The van der Waals surface area contributed by atoms with Crippen LogP contribution >= 0.6 is 27.3 Å². The average molecular weight is 336 g/mol. The number of hydrogen-bond donors (Lipinski definition) is 2. The molecular weight excluding hydrogens is 326 g/mol. The maximum absolute atomic E-state index is 11.0. The van der Waals surface area contributed by atoms with E-state index in [-0.39, 0.29) is 0 Å². The van der Waals surface area contributed by atoms with Gasteiger partial charge in [0, 0.05) is 21.3 Å². The van der Waals surface area contributed by atoms with Crippen molar-refractivity contribution < 1.29 is 4.79 Å². The fraction of sp³-hybridized carbons (Fsp3) is 0.0769. The van der Waals surface area contributed by atoms with Gasteiger partial charge in [0.2, 0.25) is 5.91 Å². The molecule has 0 aliphatic rings. The van der Waals surface area contributed by atoms with E-state index in [9.17, 15) is 4.79 Å². The summed E-state index contributed by atoms with van der Waals surface area (Å²) in [6, 6.07) is 9.35. The van der Waals surface area contributed by atoms with Gasteiger partial charge in [-0.25, -0.2) is 0 Å². The van der Waals surface area contributed by atoms with Crippen LogP contribution in [0, 0.1) is 11.3 Å². The summed E-state index contributed by atoms with van der Waals surface area (Å²) < 4.78 is 0.863. The van der Waals surface area contributed by atoms with Crippen LogP contribution in [0.4, 0.5) is 5.69 Å². The second-order valence-corrected chi connectivity index (χ2v) is 5.73. The average Bonchev–Trinajstić information content (AvgIpc) is 2.86. The fourth-order valence-electron chi connectivity index (χ4n) is 1.55. The van der Waals surface area contributed by atoms with Crippen LogP contribution in [-0.4, -0.2) is 5.91 Å². The van der Waals surface area contributed by atoms with E-state index in [1.54, 1.807) is 17.5 Å². The third kappa shape index (κ3) is 3.34. The summed E-state index contributed by atoms with van der Waals surface area (Å²) in [4.78, 5) is 12.0.